The number of aromatic nitrogens is 1. The van der Waals surface area contributed by atoms with Gasteiger partial charge in [-0.15, -0.1) is 0 Å². The van der Waals surface area contributed by atoms with Crippen molar-refractivity contribution in [3.05, 3.63) is 87.7 Å². The molecule has 0 unspecified atom stereocenters. The number of carbonyl (C=O) groups is 2. The second-order valence-electron chi connectivity index (χ2n) is 6.26. The van der Waals surface area contributed by atoms with Crippen LogP contribution in [-0.2, 0) is 0 Å². The normalized spacial score (nSPS) is 10.6. The van der Waals surface area contributed by atoms with Crippen LogP contribution in [0.5, 0.6) is 11.5 Å². The lowest BCUT2D eigenvalue weighted by atomic mass is 10.1. The first kappa shape index (κ1) is 21.2. The molecule has 0 saturated heterocycles. The molecule has 152 valence electrons. The van der Waals surface area contributed by atoms with Crippen molar-refractivity contribution in [3.63, 3.8) is 0 Å². The fourth-order valence-corrected chi connectivity index (χ4v) is 2.83. The Morgan fingerprint density at radius 2 is 1.80 bits per heavy atom. The van der Waals surface area contributed by atoms with E-state index in [4.69, 9.17) is 9.47 Å². The van der Waals surface area contributed by atoms with Gasteiger partial charge in [0, 0.05) is 16.9 Å². The molecule has 1 N–H and O–H groups in total. The van der Waals surface area contributed by atoms with Crippen LogP contribution < -0.4 is 14.9 Å². The molecule has 1 amide bonds. The maximum atomic E-state index is 12.3. The van der Waals surface area contributed by atoms with E-state index in [1.807, 2.05) is 19.1 Å². The Kier molecular flexibility index (Phi) is 6.92. The zero-order valence-corrected chi connectivity index (χ0v) is 17.8. The average Bonchev–Trinajstić information content (AvgIpc) is 2.75. The zero-order chi connectivity index (χ0) is 21.5. The Morgan fingerprint density at radius 3 is 2.50 bits per heavy atom. The summed E-state index contributed by atoms with van der Waals surface area (Å²) in [5, 5.41) is 3.94. The van der Waals surface area contributed by atoms with Gasteiger partial charge in [-0.05, 0) is 64.8 Å². The Balaban J connectivity index is 1.67. The van der Waals surface area contributed by atoms with Crippen LogP contribution in [0.3, 0.4) is 0 Å². The van der Waals surface area contributed by atoms with Crippen LogP contribution >= 0.6 is 15.9 Å². The standard InChI is InChI=1S/C22H18BrN3O4/c1-14-3-6-16(7-4-14)22(28)30-19-8-5-15(9-20(19)29-2)11-25-26-21(27)17-10-18(23)13-24-12-17/h3-13H,1-2H3,(H,26,27). The molecule has 7 nitrogen and oxygen atoms in total. The van der Waals surface area contributed by atoms with Crippen LogP contribution in [0.25, 0.3) is 0 Å². The molecule has 0 fully saturated rings. The number of hydrogen-bond donors (Lipinski definition) is 1. The van der Waals surface area contributed by atoms with E-state index in [0.29, 0.717) is 26.9 Å². The largest absolute Gasteiger partial charge is 0.493 e. The van der Waals surface area contributed by atoms with E-state index in [-0.39, 0.29) is 5.75 Å². The minimum atomic E-state index is -0.482. The first-order valence-electron chi connectivity index (χ1n) is 8.87. The molecule has 0 radical (unpaired) electrons. The number of nitrogens with zero attached hydrogens (tertiary/aromatic N) is 2. The van der Waals surface area contributed by atoms with Crippen molar-refractivity contribution in [1.29, 1.82) is 0 Å². The number of rotatable bonds is 6. The number of ether oxygens (including phenoxy) is 2. The maximum absolute atomic E-state index is 12.3. The lowest BCUT2D eigenvalue weighted by molar-refractivity contribution is 0.0729. The number of amides is 1. The Labute approximate surface area is 181 Å². The van der Waals surface area contributed by atoms with Gasteiger partial charge < -0.3 is 9.47 Å². The van der Waals surface area contributed by atoms with Gasteiger partial charge in [0.1, 0.15) is 0 Å². The molecule has 8 heteroatoms. The number of carbonyl (C=O) groups excluding carboxylic acids is 2. The molecular formula is C22H18BrN3O4. The highest BCUT2D eigenvalue weighted by atomic mass is 79.9. The van der Waals surface area contributed by atoms with Gasteiger partial charge in [0.05, 0.1) is 24.5 Å². The molecule has 0 aliphatic heterocycles. The summed E-state index contributed by atoms with van der Waals surface area (Å²) in [7, 11) is 1.47. The third-order valence-electron chi connectivity index (χ3n) is 4.02. The molecular weight excluding hydrogens is 450 g/mol. The molecule has 0 bridgehead atoms. The number of halogens is 1. The zero-order valence-electron chi connectivity index (χ0n) is 16.3. The lowest BCUT2D eigenvalue weighted by Gasteiger charge is -2.10. The van der Waals surface area contributed by atoms with Crippen LogP contribution in [0.4, 0.5) is 0 Å². The molecule has 0 saturated carbocycles. The van der Waals surface area contributed by atoms with Crippen molar-refractivity contribution >= 4 is 34.0 Å². The molecule has 0 atom stereocenters. The smallest absolute Gasteiger partial charge is 0.343 e. The summed E-state index contributed by atoms with van der Waals surface area (Å²) < 4.78 is 11.4. The van der Waals surface area contributed by atoms with Crippen molar-refractivity contribution in [1.82, 2.24) is 10.4 Å². The Bertz CT molecular complexity index is 1100. The number of hydrazone groups is 1. The topological polar surface area (TPSA) is 89.9 Å². The molecule has 3 aromatic rings. The summed E-state index contributed by atoms with van der Waals surface area (Å²) in [6, 6.07) is 13.7. The van der Waals surface area contributed by atoms with E-state index in [9.17, 15) is 9.59 Å². The average molecular weight is 468 g/mol. The highest BCUT2D eigenvalue weighted by Crippen LogP contribution is 2.28. The minimum Gasteiger partial charge on any atom is -0.493 e. The number of hydrogen-bond acceptors (Lipinski definition) is 6. The summed E-state index contributed by atoms with van der Waals surface area (Å²) in [5.41, 5.74) is 4.94. The predicted molar refractivity (Wildman–Crippen MR) is 116 cm³/mol. The van der Waals surface area contributed by atoms with Gasteiger partial charge in [-0.25, -0.2) is 10.2 Å². The molecule has 2 aromatic carbocycles. The number of nitrogens with one attached hydrogen (secondary N) is 1. The summed E-state index contributed by atoms with van der Waals surface area (Å²) in [6.45, 7) is 1.94. The van der Waals surface area contributed by atoms with Crippen LogP contribution in [0.2, 0.25) is 0 Å². The van der Waals surface area contributed by atoms with Crippen LogP contribution in [0.1, 0.15) is 31.8 Å². The van der Waals surface area contributed by atoms with Crippen molar-refractivity contribution in [2.24, 2.45) is 5.10 Å². The Morgan fingerprint density at radius 1 is 1.03 bits per heavy atom. The second kappa shape index (κ2) is 9.80. The monoisotopic (exact) mass is 467 g/mol. The number of esters is 1. The third-order valence-corrected chi connectivity index (χ3v) is 4.46. The highest BCUT2D eigenvalue weighted by molar-refractivity contribution is 9.10. The van der Waals surface area contributed by atoms with Gasteiger partial charge >= 0.3 is 5.97 Å². The van der Waals surface area contributed by atoms with Gasteiger partial charge in [0.25, 0.3) is 5.91 Å². The highest BCUT2D eigenvalue weighted by Gasteiger charge is 2.13. The van der Waals surface area contributed by atoms with Crippen LogP contribution in [0, 0.1) is 6.92 Å². The van der Waals surface area contributed by atoms with Gasteiger partial charge in [0.15, 0.2) is 11.5 Å². The second-order valence-corrected chi connectivity index (χ2v) is 7.17. The fourth-order valence-electron chi connectivity index (χ4n) is 2.46. The van der Waals surface area contributed by atoms with Gasteiger partial charge in [-0.2, -0.15) is 5.10 Å². The molecule has 1 heterocycles. The van der Waals surface area contributed by atoms with E-state index in [1.165, 1.54) is 19.5 Å². The Hall–Kier alpha value is -3.52. The van der Waals surface area contributed by atoms with Crippen LogP contribution in [0.15, 0.2) is 70.5 Å². The van der Waals surface area contributed by atoms with Crippen LogP contribution in [-0.4, -0.2) is 30.2 Å². The summed E-state index contributed by atoms with van der Waals surface area (Å²) >= 11 is 3.26. The summed E-state index contributed by atoms with van der Waals surface area (Å²) in [5.74, 6) is -0.230. The minimum absolute atomic E-state index is 0.282. The summed E-state index contributed by atoms with van der Waals surface area (Å²) in [6.07, 6.45) is 4.48. The van der Waals surface area contributed by atoms with Gasteiger partial charge in [-0.1, -0.05) is 17.7 Å². The van der Waals surface area contributed by atoms with Crippen molar-refractivity contribution in [2.75, 3.05) is 7.11 Å². The van der Waals surface area contributed by atoms with E-state index in [2.05, 4.69) is 31.4 Å². The molecule has 3 rings (SSSR count). The van der Waals surface area contributed by atoms with Crippen molar-refractivity contribution in [3.8, 4) is 11.5 Å². The molecule has 0 aliphatic rings. The molecule has 0 aliphatic carbocycles. The fraction of sp³-hybridized carbons (Fsp3) is 0.0909. The van der Waals surface area contributed by atoms with E-state index >= 15 is 0 Å². The van der Waals surface area contributed by atoms with Gasteiger partial charge in [-0.3, -0.25) is 9.78 Å². The van der Waals surface area contributed by atoms with E-state index in [0.717, 1.165) is 5.56 Å². The number of pyridine rings is 1. The maximum Gasteiger partial charge on any atom is 0.343 e. The first-order valence-corrected chi connectivity index (χ1v) is 9.66. The third kappa shape index (κ3) is 5.51. The number of methoxy groups -OCH3 is 1. The molecule has 1 aromatic heterocycles. The van der Waals surface area contributed by atoms with Crippen molar-refractivity contribution in [2.45, 2.75) is 6.92 Å². The molecule has 0 spiro atoms. The van der Waals surface area contributed by atoms with E-state index < -0.39 is 11.9 Å². The van der Waals surface area contributed by atoms with Gasteiger partial charge in [0.2, 0.25) is 0 Å². The molecule has 30 heavy (non-hydrogen) atoms. The SMILES string of the molecule is COc1cc(C=NNC(=O)c2cncc(Br)c2)ccc1OC(=O)c1ccc(C)cc1. The van der Waals surface area contributed by atoms with E-state index in [1.54, 1.807) is 42.6 Å². The quantitative estimate of drug-likeness (QED) is 0.254. The number of aryl methyl sites for hydroxylation is 1. The predicted octanol–water partition coefficient (Wildman–Crippen LogP) is 4.14. The number of benzene rings is 2. The lowest BCUT2D eigenvalue weighted by Crippen LogP contribution is -2.17. The first-order chi connectivity index (χ1) is 14.5. The summed E-state index contributed by atoms with van der Waals surface area (Å²) in [4.78, 5) is 28.3. The van der Waals surface area contributed by atoms with Crippen molar-refractivity contribution < 1.29 is 19.1 Å².